The number of hydrogen-bond acceptors (Lipinski definition) is 4. The quantitative estimate of drug-likeness (QED) is 0.945. The van der Waals surface area contributed by atoms with E-state index in [1.54, 1.807) is 0 Å². The molecule has 1 aliphatic rings. The average Bonchev–Trinajstić information content (AvgIpc) is 3.04. The molecule has 0 unspecified atom stereocenters. The molecule has 1 atom stereocenters. The lowest BCUT2D eigenvalue weighted by Gasteiger charge is -2.14. The zero-order chi connectivity index (χ0) is 13.9. The van der Waals surface area contributed by atoms with Crippen molar-refractivity contribution in [3.8, 4) is 0 Å². The number of hydrogen-bond donors (Lipinski definition) is 1. The molecule has 3 heterocycles. The molecule has 0 spiro atoms. The molecule has 20 heavy (non-hydrogen) atoms. The third-order valence-electron chi connectivity index (χ3n) is 3.62. The van der Waals surface area contributed by atoms with E-state index >= 15 is 0 Å². The molecule has 5 nitrogen and oxygen atoms in total. The molecule has 0 saturated heterocycles. The van der Waals surface area contributed by atoms with Gasteiger partial charge in [0.25, 0.3) is 5.91 Å². The number of carbonyl (C=O) groups is 1. The van der Waals surface area contributed by atoms with Gasteiger partial charge in [-0.25, -0.2) is 0 Å². The molecule has 0 bridgehead atoms. The predicted molar refractivity (Wildman–Crippen MR) is 77.8 cm³/mol. The fourth-order valence-corrected chi connectivity index (χ4v) is 3.19. The minimum atomic E-state index is -0.121. The van der Waals surface area contributed by atoms with E-state index in [2.05, 4.69) is 20.1 Å². The number of nitrogens with one attached hydrogen (secondary N) is 1. The topological polar surface area (TPSA) is 59.8 Å². The summed E-state index contributed by atoms with van der Waals surface area (Å²) in [5.41, 5.74) is 0. The Labute approximate surface area is 122 Å². The van der Waals surface area contributed by atoms with Gasteiger partial charge in [0.1, 0.15) is 5.82 Å². The first-order valence-electron chi connectivity index (χ1n) is 7.02. The smallest absolute Gasteiger partial charge is 0.261 e. The van der Waals surface area contributed by atoms with Gasteiger partial charge in [0, 0.05) is 13.0 Å². The molecule has 0 fully saturated rings. The van der Waals surface area contributed by atoms with Gasteiger partial charge in [0.05, 0.1) is 10.9 Å². The van der Waals surface area contributed by atoms with Crippen LogP contribution in [0, 0.1) is 0 Å². The standard InChI is InChI=1S/C14H18N4OS/c1-10(15-14(19)11-6-5-9-20-11)13-17-16-12-7-3-2-4-8-18(12)13/h5-6,9-10H,2-4,7-8H2,1H3,(H,15,19)/t10-/m1/s1. The van der Waals surface area contributed by atoms with E-state index in [1.807, 2.05) is 24.4 Å². The maximum Gasteiger partial charge on any atom is 0.261 e. The summed E-state index contributed by atoms with van der Waals surface area (Å²) in [6.45, 7) is 2.92. The van der Waals surface area contributed by atoms with Crippen LogP contribution in [-0.2, 0) is 13.0 Å². The Balaban J connectivity index is 1.76. The Morgan fingerprint density at radius 3 is 3.10 bits per heavy atom. The highest BCUT2D eigenvalue weighted by molar-refractivity contribution is 7.12. The van der Waals surface area contributed by atoms with Crippen molar-refractivity contribution < 1.29 is 4.79 Å². The first-order valence-corrected chi connectivity index (χ1v) is 7.90. The second-order valence-electron chi connectivity index (χ2n) is 5.11. The summed E-state index contributed by atoms with van der Waals surface area (Å²) in [6.07, 6.45) is 4.55. The van der Waals surface area contributed by atoms with E-state index in [0.717, 1.165) is 35.9 Å². The van der Waals surface area contributed by atoms with Crippen LogP contribution in [0.25, 0.3) is 0 Å². The second kappa shape index (κ2) is 5.75. The lowest BCUT2D eigenvalue weighted by molar-refractivity contribution is 0.0941. The summed E-state index contributed by atoms with van der Waals surface area (Å²) < 4.78 is 2.17. The van der Waals surface area contributed by atoms with Crippen molar-refractivity contribution in [3.63, 3.8) is 0 Å². The summed E-state index contributed by atoms with van der Waals surface area (Å²) in [4.78, 5) is 12.8. The summed E-state index contributed by atoms with van der Waals surface area (Å²) in [5, 5.41) is 13.5. The fourth-order valence-electron chi connectivity index (χ4n) is 2.57. The maximum atomic E-state index is 12.1. The molecule has 3 rings (SSSR count). The Morgan fingerprint density at radius 1 is 1.40 bits per heavy atom. The largest absolute Gasteiger partial charge is 0.342 e. The van der Waals surface area contributed by atoms with Crippen molar-refractivity contribution in [2.75, 3.05) is 0 Å². The van der Waals surface area contributed by atoms with Crippen LogP contribution < -0.4 is 5.32 Å². The SMILES string of the molecule is C[C@@H](NC(=O)c1cccs1)c1nnc2n1CCCCC2. The highest BCUT2D eigenvalue weighted by Crippen LogP contribution is 2.19. The Morgan fingerprint density at radius 2 is 2.30 bits per heavy atom. The monoisotopic (exact) mass is 290 g/mol. The van der Waals surface area contributed by atoms with E-state index < -0.39 is 0 Å². The average molecular weight is 290 g/mol. The van der Waals surface area contributed by atoms with Gasteiger partial charge < -0.3 is 9.88 Å². The van der Waals surface area contributed by atoms with Crippen LogP contribution in [-0.4, -0.2) is 20.7 Å². The number of fused-ring (bicyclic) bond motifs is 1. The molecule has 1 aliphatic heterocycles. The van der Waals surface area contributed by atoms with E-state index in [1.165, 1.54) is 24.2 Å². The molecule has 0 aliphatic carbocycles. The van der Waals surface area contributed by atoms with Crippen LogP contribution in [0.3, 0.4) is 0 Å². The Bertz CT molecular complexity index is 590. The molecule has 106 valence electrons. The number of rotatable bonds is 3. The number of thiophene rings is 1. The number of aryl methyl sites for hydroxylation is 1. The zero-order valence-electron chi connectivity index (χ0n) is 11.5. The van der Waals surface area contributed by atoms with E-state index in [9.17, 15) is 4.79 Å². The molecule has 0 aromatic carbocycles. The van der Waals surface area contributed by atoms with Gasteiger partial charge in [-0.05, 0) is 31.2 Å². The van der Waals surface area contributed by atoms with Gasteiger partial charge in [-0.1, -0.05) is 12.5 Å². The molecular formula is C14H18N4OS. The van der Waals surface area contributed by atoms with Gasteiger partial charge in [-0.2, -0.15) is 0 Å². The molecule has 1 N–H and O–H groups in total. The van der Waals surface area contributed by atoms with Crippen LogP contribution in [0.4, 0.5) is 0 Å². The third kappa shape index (κ3) is 2.60. The molecule has 2 aromatic heterocycles. The van der Waals surface area contributed by atoms with Crippen molar-refractivity contribution in [1.29, 1.82) is 0 Å². The van der Waals surface area contributed by atoms with Crippen molar-refractivity contribution in [2.45, 2.75) is 45.2 Å². The molecule has 0 radical (unpaired) electrons. The van der Waals surface area contributed by atoms with Crippen LogP contribution in [0.5, 0.6) is 0 Å². The molecule has 1 amide bonds. The van der Waals surface area contributed by atoms with Crippen LogP contribution in [0.1, 0.15) is 53.5 Å². The van der Waals surface area contributed by atoms with Crippen molar-refractivity contribution in [2.24, 2.45) is 0 Å². The van der Waals surface area contributed by atoms with Crippen LogP contribution in [0.2, 0.25) is 0 Å². The highest BCUT2D eigenvalue weighted by Gasteiger charge is 2.21. The first-order chi connectivity index (χ1) is 9.75. The van der Waals surface area contributed by atoms with E-state index in [-0.39, 0.29) is 11.9 Å². The van der Waals surface area contributed by atoms with Gasteiger partial charge in [-0.15, -0.1) is 21.5 Å². The van der Waals surface area contributed by atoms with Crippen molar-refractivity contribution >= 4 is 17.2 Å². The second-order valence-corrected chi connectivity index (χ2v) is 6.06. The minimum absolute atomic E-state index is 0.0431. The van der Waals surface area contributed by atoms with E-state index in [0.29, 0.717) is 0 Å². The van der Waals surface area contributed by atoms with Gasteiger partial charge in [0.2, 0.25) is 0 Å². The zero-order valence-corrected chi connectivity index (χ0v) is 12.3. The Kier molecular flexibility index (Phi) is 3.82. The molecule has 0 saturated carbocycles. The highest BCUT2D eigenvalue weighted by atomic mass is 32.1. The van der Waals surface area contributed by atoms with Gasteiger partial charge >= 0.3 is 0 Å². The summed E-state index contributed by atoms with van der Waals surface area (Å²) in [5.74, 6) is 1.88. The predicted octanol–water partition coefficient (Wildman–Crippen LogP) is 2.56. The maximum absolute atomic E-state index is 12.1. The van der Waals surface area contributed by atoms with Crippen LogP contribution >= 0.6 is 11.3 Å². The normalized spacial score (nSPS) is 16.2. The summed E-state index contributed by atoms with van der Waals surface area (Å²) in [7, 11) is 0. The van der Waals surface area contributed by atoms with E-state index in [4.69, 9.17) is 0 Å². The number of carbonyl (C=O) groups excluding carboxylic acids is 1. The lowest BCUT2D eigenvalue weighted by atomic mass is 10.2. The summed E-state index contributed by atoms with van der Waals surface area (Å²) in [6, 6.07) is 3.59. The molecule has 2 aromatic rings. The lowest BCUT2D eigenvalue weighted by Crippen LogP contribution is -2.28. The van der Waals surface area contributed by atoms with Crippen molar-refractivity contribution in [1.82, 2.24) is 20.1 Å². The number of amides is 1. The van der Waals surface area contributed by atoms with Crippen LogP contribution in [0.15, 0.2) is 17.5 Å². The molecular weight excluding hydrogens is 272 g/mol. The number of aromatic nitrogens is 3. The minimum Gasteiger partial charge on any atom is -0.342 e. The van der Waals surface area contributed by atoms with Crippen molar-refractivity contribution in [3.05, 3.63) is 34.0 Å². The molecule has 6 heteroatoms. The third-order valence-corrected chi connectivity index (χ3v) is 4.49. The van der Waals surface area contributed by atoms with Gasteiger partial charge in [0.15, 0.2) is 5.82 Å². The summed E-state index contributed by atoms with van der Waals surface area (Å²) >= 11 is 1.45. The first kappa shape index (κ1) is 13.3. The number of nitrogens with zero attached hydrogens (tertiary/aromatic N) is 3. The Hall–Kier alpha value is -1.69. The fraction of sp³-hybridized carbons (Fsp3) is 0.500. The van der Waals surface area contributed by atoms with Gasteiger partial charge in [-0.3, -0.25) is 4.79 Å².